The first-order chi connectivity index (χ1) is 7.79. The van der Waals surface area contributed by atoms with Gasteiger partial charge in [0.05, 0.1) is 18.9 Å². The molecular formula is C11H15ClN2O2. The van der Waals surface area contributed by atoms with Gasteiger partial charge in [-0.05, 0) is 25.3 Å². The van der Waals surface area contributed by atoms with Crippen molar-refractivity contribution in [3.63, 3.8) is 0 Å². The van der Waals surface area contributed by atoms with E-state index < -0.39 is 0 Å². The molecule has 0 radical (unpaired) electrons. The van der Waals surface area contributed by atoms with E-state index in [9.17, 15) is 0 Å². The summed E-state index contributed by atoms with van der Waals surface area (Å²) >= 11 is 5.98. The summed E-state index contributed by atoms with van der Waals surface area (Å²) in [4.78, 5) is 0. The summed E-state index contributed by atoms with van der Waals surface area (Å²) in [7, 11) is 1.53. The van der Waals surface area contributed by atoms with E-state index in [2.05, 4.69) is 10.2 Å². The molecule has 88 valence electrons. The van der Waals surface area contributed by atoms with Crippen LogP contribution in [0.4, 0.5) is 0 Å². The van der Waals surface area contributed by atoms with Crippen LogP contribution in [0.25, 0.3) is 0 Å². The third kappa shape index (κ3) is 2.83. The molecule has 1 saturated heterocycles. The maximum atomic E-state index is 5.98. The molecule has 0 spiro atoms. The Labute approximate surface area is 99.9 Å². The van der Waals surface area contributed by atoms with Crippen LogP contribution < -0.4 is 4.74 Å². The van der Waals surface area contributed by atoms with Gasteiger partial charge in [-0.1, -0.05) is 11.6 Å². The zero-order valence-electron chi connectivity index (χ0n) is 9.28. The minimum atomic E-state index is 0.257. The number of hydrogen-bond donors (Lipinski definition) is 0. The monoisotopic (exact) mass is 242 g/mol. The van der Waals surface area contributed by atoms with Gasteiger partial charge < -0.3 is 9.47 Å². The second-order valence-electron chi connectivity index (χ2n) is 3.89. The predicted octanol–water partition coefficient (Wildman–Crippen LogP) is 2.25. The van der Waals surface area contributed by atoms with Crippen LogP contribution in [0.5, 0.6) is 5.88 Å². The average Bonchev–Trinajstić information content (AvgIpc) is 2.31. The maximum Gasteiger partial charge on any atom is 0.252 e. The molecule has 0 aliphatic carbocycles. The highest BCUT2D eigenvalue weighted by Gasteiger charge is 2.16. The number of aromatic nitrogens is 2. The van der Waals surface area contributed by atoms with Crippen molar-refractivity contribution < 1.29 is 9.47 Å². The quantitative estimate of drug-likeness (QED) is 0.816. The van der Waals surface area contributed by atoms with Crippen molar-refractivity contribution >= 4 is 11.6 Å². The number of halogens is 1. The minimum Gasteiger partial charge on any atom is -0.479 e. The summed E-state index contributed by atoms with van der Waals surface area (Å²) < 4.78 is 10.6. The Balaban J connectivity index is 2.01. The van der Waals surface area contributed by atoms with Gasteiger partial charge in [-0.2, -0.15) is 5.10 Å². The lowest BCUT2D eigenvalue weighted by Crippen LogP contribution is -2.22. The van der Waals surface area contributed by atoms with Crippen LogP contribution in [-0.4, -0.2) is 30.0 Å². The molecule has 4 nitrogen and oxygen atoms in total. The predicted molar refractivity (Wildman–Crippen MR) is 60.9 cm³/mol. The van der Waals surface area contributed by atoms with Crippen LogP contribution in [0.3, 0.4) is 0 Å². The van der Waals surface area contributed by atoms with Crippen LogP contribution in [-0.2, 0) is 11.2 Å². The van der Waals surface area contributed by atoms with E-state index in [-0.39, 0.29) is 6.10 Å². The van der Waals surface area contributed by atoms with Crippen molar-refractivity contribution in [2.24, 2.45) is 0 Å². The van der Waals surface area contributed by atoms with E-state index in [1.807, 2.05) is 0 Å². The summed E-state index contributed by atoms with van der Waals surface area (Å²) in [5.74, 6) is 0.370. The van der Waals surface area contributed by atoms with Crippen molar-refractivity contribution in [2.45, 2.75) is 31.8 Å². The largest absolute Gasteiger partial charge is 0.479 e. The highest BCUT2D eigenvalue weighted by molar-refractivity contribution is 6.31. The fourth-order valence-electron chi connectivity index (χ4n) is 1.83. The lowest BCUT2D eigenvalue weighted by molar-refractivity contribution is 0.0161. The Morgan fingerprint density at radius 1 is 1.50 bits per heavy atom. The molecule has 1 aromatic rings. The van der Waals surface area contributed by atoms with E-state index in [1.54, 1.807) is 6.07 Å². The SMILES string of the molecule is COc1nnc(CC2CCCCO2)cc1Cl. The van der Waals surface area contributed by atoms with Gasteiger partial charge in [0.15, 0.2) is 0 Å². The Bertz CT molecular complexity index is 354. The summed E-state index contributed by atoms with van der Waals surface area (Å²) in [6, 6.07) is 1.80. The zero-order chi connectivity index (χ0) is 11.4. The third-order valence-electron chi connectivity index (χ3n) is 2.67. The molecule has 0 amide bonds. The van der Waals surface area contributed by atoms with Gasteiger partial charge >= 0.3 is 0 Å². The molecule has 1 fully saturated rings. The van der Waals surface area contributed by atoms with Crippen molar-refractivity contribution in [1.29, 1.82) is 0 Å². The molecule has 0 saturated carbocycles. The van der Waals surface area contributed by atoms with Crippen molar-refractivity contribution in [1.82, 2.24) is 10.2 Å². The van der Waals surface area contributed by atoms with E-state index in [4.69, 9.17) is 21.1 Å². The molecule has 0 N–H and O–H groups in total. The highest BCUT2D eigenvalue weighted by Crippen LogP contribution is 2.22. The number of hydrogen-bond acceptors (Lipinski definition) is 4. The molecule has 1 aromatic heterocycles. The molecule has 16 heavy (non-hydrogen) atoms. The first kappa shape index (κ1) is 11.6. The molecule has 1 unspecified atom stereocenters. The molecule has 2 rings (SSSR count). The smallest absolute Gasteiger partial charge is 0.252 e. The van der Waals surface area contributed by atoms with Gasteiger partial charge in [0.1, 0.15) is 5.02 Å². The lowest BCUT2D eigenvalue weighted by Gasteiger charge is -2.21. The molecule has 0 bridgehead atoms. The fraction of sp³-hybridized carbons (Fsp3) is 0.636. The van der Waals surface area contributed by atoms with Crippen molar-refractivity contribution in [3.8, 4) is 5.88 Å². The van der Waals surface area contributed by atoms with Gasteiger partial charge in [0.25, 0.3) is 5.88 Å². The fourth-order valence-corrected chi connectivity index (χ4v) is 2.07. The van der Waals surface area contributed by atoms with E-state index in [0.29, 0.717) is 10.9 Å². The number of ether oxygens (including phenoxy) is 2. The Morgan fingerprint density at radius 2 is 2.38 bits per heavy atom. The van der Waals surface area contributed by atoms with Gasteiger partial charge in [-0.15, -0.1) is 5.10 Å². The van der Waals surface area contributed by atoms with Crippen molar-refractivity contribution in [3.05, 3.63) is 16.8 Å². The highest BCUT2D eigenvalue weighted by atomic mass is 35.5. The van der Waals surface area contributed by atoms with Crippen LogP contribution in [0.2, 0.25) is 5.02 Å². The van der Waals surface area contributed by atoms with Gasteiger partial charge in [0, 0.05) is 13.0 Å². The summed E-state index contributed by atoms with van der Waals surface area (Å²) in [6.45, 7) is 0.849. The minimum absolute atomic E-state index is 0.257. The second kappa shape index (κ2) is 5.46. The molecule has 5 heteroatoms. The number of nitrogens with zero attached hydrogens (tertiary/aromatic N) is 2. The Hall–Kier alpha value is -0.870. The molecular weight excluding hydrogens is 228 g/mol. The zero-order valence-corrected chi connectivity index (χ0v) is 10.0. The lowest BCUT2D eigenvalue weighted by atomic mass is 10.0. The standard InChI is InChI=1S/C11H15ClN2O2/c1-15-11-10(12)7-8(13-14-11)6-9-4-2-3-5-16-9/h7,9H,2-6H2,1H3. The topological polar surface area (TPSA) is 44.2 Å². The van der Waals surface area contributed by atoms with E-state index in [1.165, 1.54) is 13.5 Å². The Morgan fingerprint density at radius 3 is 3.00 bits per heavy atom. The number of methoxy groups -OCH3 is 1. The van der Waals surface area contributed by atoms with E-state index >= 15 is 0 Å². The maximum absolute atomic E-state index is 5.98. The summed E-state index contributed by atoms with van der Waals surface area (Å²) in [5, 5.41) is 8.47. The second-order valence-corrected chi connectivity index (χ2v) is 4.29. The van der Waals surface area contributed by atoms with Crippen LogP contribution in [0.15, 0.2) is 6.07 Å². The summed E-state index contributed by atoms with van der Waals surface area (Å²) in [5.41, 5.74) is 0.859. The van der Waals surface area contributed by atoms with Crippen LogP contribution >= 0.6 is 11.6 Å². The molecule has 0 aromatic carbocycles. The Kier molecular flexibility index (Phi) is 3.96. The normalized spacial score (nSPS) is 20.8. The van der Waals surface area contributed by atoms with Gasteiger partial charge in [-0.25, -0.2) is 0 Å². The molecule has 1 aliphatic rings. The van der Waals surface area contributed by atoms with E-state index in [0.717, 1.165) is 31.6 Å². The van der Waals surface area contributed by atoms with Crippen LogP contribution in [0.1, 0.15) is 25.0 Å². The van der Waals surface area contributed by atoms with Crippen molar-refractivity contribution in [2.75, 3.05) is 13.7 Å². The molecule has 1 atom stereocenters. The first-order valence-electron chi connectivity index (χ1n) is 5.47. The molecule has 2 heterocycles. The van der Waals surface area contributed by atoms with Gasteiger partial charge in [-0.3, -0.25) is 0 Å². The number of rotatable bonds is 3. The molecule has 1 aliphatic heterocycles. The summed E-state index contributed by atoms with van der Waals surface area (Å²) in [6.07, 6.45) is 4.50. The first-order valence-corrected chi connectivity index (χ1v) is 5.85. The van der Waals surface area contributed by atoms with Gasteiger partial charge in [0.2, 0.25) is 0 Å². The van der Waals surface area contributed by atoms with Crippen LogP contribution in [0, 0.1) is 0 Å². The average molecular weight is 243 g/mol. The third-order valence-corrected chi connectivity index (χ3v) is 2.94.